The summed E-state index contributed by atoms with van der Waals surface area (Å²) in [7, 11) is 3.13. The van der Waals surface area contributed by atoms with Crippen molar-refractivity contribution >= 4 is 23.3 Å². The molecule has 0 bridgehead atoms. The Labute approximate surface area is 184 Å². The third-order valence-electron chi connectivity index (χ3n) is 5.81. The van der Waals surface area contributed by atoms with Crippen LogP contribution in [0.15, 0.2) is 30.5 Å². The standard InChI is InChI=1S/C21H26FN7O3/c1-10-7-15(24-9-12(10)22)26-16-8-14(17-20(27-16)28-29(2)21(17)31)25-13-6-4-5-11(19(23)30)18(13)32-3/h4-7,9,14,16-17,20,25,27-28H,8H2,1-3H3,(H2,23,30)(H,24,26). The Morgan fingerprint density at radius 1 is 1.38 bits per heavy atom. The fourth-order valence-electron chi connectivity index (χ4n) is 4.26. The van der Waals surface area contributed by atoms with E-state index in [2.05, 4.69) is 26.4 Å². The minimum Gasteiger partial charge on any atom is -0.494 e. The molecule has 0 spiro atoms. The van der Waals surface area contributed by atoms with Crippen LogP contribution in [0, 0.1) is 18.7 Å². The van der Waals surface area contributed by atoms with E-state index >= 15 is 0 Å². The van der Waals surface area contributed by atoms with E-state index in [9.17, 15) is 14.0 Å². The van der Waals surface area contributed by atoms with Crippen LogP contribution in [0.4, 0.5) is 15.9 Å². The van der Waals surface area contributed by atoms with Crippen LogP contribution in [-0.4, -0.2) is 54.3 Å². The Balaban J connectivity index is 1.61. The maximum absolute atomic E-state index is 13.6. The second-order valence-corrected chi connectivity index (χ2v) is 7.95. The number of hydrogen-bond acceptors (Lipinski definition) is 8. The van der Waals surface area contributed by atoms with Crippen molar-refractivity contribution in [3.05, 3.63) is 47.4 Å². The van der Waals surface area contributed by atoms with Crippen molar-refractivity contribution < 1.29 is 18.7 Å². The summed E-state index contributed by atoms with van der Waals surface area (Å²) in [5.41, 5.74) is 9.89. The van der Waals surface area contributed by atoms with Crippen LogP contribution >= 0.6 is 0 Å². The molecule has 3 heterocycles. The van der Waals surface area contributed by atoms with Gasteiger partial charge in [0.05, 0.1) is 42.8 Å². The molecule has 2 amide bonds. The molecule has 10 nitrogen and oxygen atoms in total. The van der Waals surface area contributed by atoms with E-state index in [-0.39, 0.29) is 35.7 Å². The van der Waals surface area contributed by atoms with E-state index in [0.717, 1.165) is 0 Å². The second-order valence-electron chi connectivity index (χ2n) is 7.95. The molecule has 2 aromatic rings. The summed E-state index contributed by atoms with van der Waals surface area (Å²) in [6.07, 6.45) is 1.04. The summed E-state index contributed by atoms with van der Waals surface area (Å²) in [5, 5.41) is 11.5. The van der Waals surface area contributed by atoms with Crippen LogP contribution in [0.25, 0.3) is 0 Å². The molecule has 4 atom stereocenters. The molecule has 11 heteroatoms. The minimum absolute atomic E-state index is 0.0702. The predicted octanol–water partition coefficient (Wildman–Crippen LogP) is 0.768. The number of para-hydroxylation sites is 1. The lowest BCUT2D eigenvalue weighted by Crippen LogP contribution is -2.60. The van der Waals surface area contributed by atoms with E-state index < -0.39 is 11.8 Å². The Morgan fingerprint density at radius 3 is 2.84 bits per heavy atom. The number of halogens is 1. The van der Waals surface area contributed by atoms with E-state index in [1.54, 1.807) is 38.2 Å². The molecule has 32 heavy (non-hydrogen) atoms. The Bertz CT molecular complexity index is 1050. The van der Waals surface area contributed by atoms with Crippen LogP contribution in [0.2, 0.25) is 0 Å². The van der Waals surface area contributed by atoms with Crippen molar-refractivity contribution in [1.82, 2.24) is 20.7 Å². The van der Waals surface area contributed by atoms with Gasteiger partial charge in [-0.05, 0) is 30.7 Å². The third kappa shape index (κ3) is 4.04. The number of hydrogen-bond donors (Lipinski definition) is 5. The van der Waals surface area contributed by atoms with Gasteiger partial charge in [0.25, 0.3) is 5.91 Å². The first-order valence-electron chi connectivity index (χ1n) is 10.2. The van der Waals surface area contributed by atoms with Gasteiger partial charge in [-0.15, -0.1) is 0 Å². The number of ether oxygens (including phenoxy) is 1. The number of aromatic nitrogens is 1. The number of hydrazine groups is 1. The zero-order valence-electron chi connectivity index (χ0n) is 18.0. The van der Waals surface area contributed by atoms with Crippen molar-refractivity contribution in [3.63, 3.8) is 0 Å². The van der Waals surface area contributed by atoms with Gasteiger partial charge in [-0.3, -0.25) is 19.9 Å². The Morgan fingerprint density at radius 2 is 2.16 bits per heavy atom. The number of nitrogens with one attached hydrogen (secondary N) is 4. The van der Waals surface area contributed by atoms with E-state index in [1.807, 2.05) is 0 Å². The SMILES string of the molecule is COc1c(NC2CC(Nc3cc(C)c(F)cn3)NC3NN(C)C(=O)C23)cccc1C(N)=O. The smallest absolute Gasteiger partial charge is 0.252 e. The molecule has 2 aliphatic rings. The van der Waals surface area contributed by atoms with Gasteiger partial charge in [0, 0.05) is 19.5 Å². The first-order valence-corrected chi connectivity index (χ1v) is 10.2. The Kier molecular flexibility index (Phi) is 5.85. The number of fused-ring (bicyclic) bond motifs is 1. The maximum atomic E-state index is 13.6. The number of aryl methyl sites for hydroxylation is 1. The fourth-order valence-corrected chi connectivity index (χ4v) is 4.26. The number of nitrogens with two attached hydrogens (primary N) is 1. The molecule has 0 radical (unpaired) electrons. The summed E-state index contributed by atoms with van der Waals surface area (Å²) >= 11 is 0. The van der Waals surface area contributed by atoms with Crippen LogP contribution in [0.1, 0.15) is 22.3 Å². The molecular formula is C21H26FN7O3. The van der Waals surface area contributed by atoms with Crippen molar-refractivity contribution in [2.45, 2.75) is 31.7 Å². The molecule has 4 rings (SSSR count). The van der Waals surface area contributed by atoms with Gasteiger partial charge >= 0.3 is 0 Å². The molecule has 1 aromatic heterocycles. The van der Waals surface area contributed by atoms with Gasteiger partial charge < -0.3 is 21.1 Å². The number of primary amides is 1. The summed E-state index contributed by atoms with van der Waals surface area (Å²) in [4.78, 5) is 28.7. The molecule has 4 unspecified atom stereocenters. The highest BCUT2D eigenvalue weighted by atomic mass is 19.1. The second kappa shape index (κ2) is 8.60. The summed E-state index contributed by atoms with van der Waals surface area (Å²) in [6, 6.07) is 6.37. The predicted molar refractivity (Wildman–Crippen MR) is 116 cm³/mol. The number of rotatable bonds is 6. The zero-order valence-corrected chi connectivity index (χ0v) is 18.0. The van der Waals surface area contributed by atoms with Crippen molar-refractivity contribution in [3.8, 4) is 5.75 Å². The molecule has 2 fully saturated rings. The van der Waals surface area contributed by atoms with Crippen LogP contribution in [0.3, 0.4) is 0 Å². The van der Waals surface area contributed by atoms with Crippen molar-refractivity contribution in [2.75, 3.05) is 24.8 Å². The zero-order chi connectivity index (χ0) is 23.0. The van der Waals surface area contributed by atoms with E-state index in [1.165, 1.54) is 18.3 Å². The van der Waals surface area contributed by atoms with Gasteiger partial charge in [0.15, 0.2) is 5.75 Å². The topological polar surface area (TPSA) is 134 Å². The van der Waals surface area contributed by atoms with Crippen molar-refractivity contribution in [2.24, 2.45) is 11.7 Å². The normalized spacial score (nSPS) is 24.8. The first-order chi connectivity index (χ1) is 15.3. The van der Waals surface area contributed by atoms with Crippen molar-refractivity contribution in [1.29, 1.82) is 0 Å². The number of pyridine rings is 1. The summed E-state index contributed by atoms with van der Waals surface area (Å²) in [5.74, 6) is -0.629. The van der Waals surface area contributed by atoms with E-state index in [4.69, 9.17) is 10.5 Å². The number of carbonyl (C=O) groups excluding carboxylic acids is 2. The van der Waals surface area contributed by atoms with E-state index in [0.29, 0.717) is 29.2 Å². The molecule has 170 valence electrons. The van der Waals surface area contributed by atoms with Crippen LogP contribution in [0.5, 0.6) is 5.75 Å². The fraction of sp³-hybridized carbons (Fsp3) is 0.381. The highest BCUT2D eigenvalue weighted by molar-refractivity contribution is 5.97. The van der Waals surface area contributed by atoms with Gasteiger partial charge in [-0.25, -0.2) is 14.8 Å². The number of piperidine rings is 1. The van der Waals surface area contributed by atoms with Crippen LogP contribution in [-0.2, 0) is 4.79 Å². The Hall–Kier alpha value is -3.44. The lowest BCUT2D eigenvalue weighted by atomic mass is 9.88. The van der Waals surface area contributed by atoms with Gasteiger partial charge in [-0.2, -0.15) is 0 Å². The molecule has 0 aliphatic carbocycles. The quantitative estimate of drug-likeness (QED) is 0.442. The monoisotopic (exact) mass is 443 g/mol. The number of anilines is 2. The molecule has 1 aromatic carbocycles. The lowest BCUT2D eigenvalue weighted by Gasteiger charge is -2.39. The third-order valence-corrected chi connectivity index (χ3v) is 5.81. The average molecular weight is 443 g/mol. The molecule has 2 saturated heterocycles. The minimum atomic E-state index is -0.607. The highest BCUT2D eigenvalue weighted by Crippen LogP contribution is 2.34. The highest BCUT2D eigenvalue weighted by Gasteiger charge is 2.48. The largest absolute Gasteiger partial charge is 0.494 e. The molecular weight excluding hydrogens is 417 g/mol. The summed E-state index contributed by atoms with van der Waals surface area (Å²) < 4.78 is 19.0. The number of carbonyl (C=O) groups is 2. The van der Waals surface area contributed by atoms with Gasteiger partial charge in [0.2, 0.25) is 5.91 Å². The molecule has 2 aliphatic heterocycles. The lowest BCUT2D eigenvalue weighted by molar-refractivity contribution is -0.131. The molecule has 6 N–H and O–H groups in total. The first kappa shape index (κ1) is 21.8. The number of amides is 2. The summed E-state index contributed by atoms with van der Waals surface area (Å²) in [6.45, 7) is 1.67. The van der Waals surface area contributed by atoms with Crippen LogP contribution < -0.4 is 31.8 Å². The average Bonchev–Trinajstić information content (AvgIpc) is 3.04. The van der Waals surface area contributed by atoms with Gasteiger partial charge in [0.1, 0.15) is 11.6 Å². The molecule has 0 saturated carbocycles. The number of methoxy groups -OCH3 is 1. The number of benzene rings is 1. The van der Waals surface area contributed by atoms with Gasteiger partial charge in [-0.1, -0.05) is 6.07 Å². The maximum Gasteiger partial charge on any atom is 0.252 e. The number of nitrogens with zero attached hydrogens (tertiary/aromatic N) is 2.